The van der Waals surface area contributed by atoms with E-state index in [1.165, 1.54) is 5.56 Å². The molecule has 2 heteroatoms. The number of rotatable bonds is 4. The first-order valence-corrected chi connectivity index (χ1v) is 6.00. The molecular formula is C12H18BrN. The van der Waals surface area contributed by atoms with Gasteiger partial charge in [-0.25, -0.2) is 0 Å². The molecule has 78 valence electrons. The van der Waals surface area contributed by atoms with E-state index in [0.29, 0.717) is 5.92 Å². The predicted molar refractivity (Wildman–Crippen MR) is 65.1 cm³/mol. The summed E-state index contributed by atoms with van der Waals surface area (Å²) < 4.78 is 1.12. The van der Waals surface area contributed by atoms with Crippen molar-refractivity contribution in [2.45, 2.75) is 32.7 Å². The largest absolute Gasteiger partial charge is 0.324 e. The summed E-state index contributed by atoms with van der Waals surface area (Å²) >= 11 is 3.54. The van der Waals surface area contributed by atoms with E-state index in [2.05, 4.69) is 41.9 Å². The molecule has 0 aliphatic heterocycles. The Hall–Kier alpha value is -0.340. The Balaban J connectivity index is 2.88. The van der Waals surface area contributed by atoms with E-state index < -0.39 is 0 Å². The number of halogens is 1. The van der Waals surface area contributed by atoms with Crippen LogP contribution in [0.5, 0.6) is 0 Å². The molecule has 1 aromatic rings. The lowest BCUT2D eigenvalue weighted by Crippen LogP contribution is -2.20. The SMILES string of the molecule is CCC(CC)C(N)c1ccccc1Br. The van der Waals surface area contributed by atoms with E-state index in [1.807, 2.05) is 12.1 Å². The van der Waals surface area contributed by atoms with Crippen molar-refractivity contribution in [2.75, 3.05) is 0 Å². The Morgan fingerprint density at radius 2 is 1.79 bits per heavy atom. The molecule has 0 aliphatic rings. The first kappa shape index (κ1) is 11.7. The minimum atomic E-state index is 0.153. The van der Waals surface area contributed by atoms with Gasteiger partial charge in [0.25, 0.3) is 0 Å². The van der Waals surface area contributed by atoms with Crippen LogP contribution in [0, 0.1) is 5.92 Å². The van der Waals surface area contributed by atoms with Crippen LogP contribution >= 0.6 is 15.9 Å². The first-order valence-electron chi connectivity index (χ1n) is 5.20. The van der Waals surface area contributed by atoms with Gasteiger partial charge in [-0.3, -0.25) is 0 Å². The molecule has 0 saturated heterocycles. The number of benzene rings is 1. The summed E-state index contributed by atoms with van der Waals surface area (Å²) in [6.45, 7) is 4.40. The topological polar surface area (TPSA) is 26.0 Å². The second-order valence-corrected chi connectivity index (χ2v) is 4.48. The molecule has 1 nitrogen and oxygen atoms in total. The van der Waals surface area contributed by atoms with Crippen molar-refractivity contribution >= 4 is 15.9 Å². The zero-order chi connectivity index (χ0) is 10.6. The normalized spacial score (nSPS) is 13.2. The molecule has 0 fully saturated rings. The van der Waals surface area contributed by atoms with Crippen molar-refractivity contribution < 1.29 is 0 Å². The Bertz CT molecular complexity index is 281. The van der Waals surface area contributed by atoms with E-state index in [4.69, 9.17) is 5.73 Å². The Labute approximate surface area is 94.8 Å². The van der Waals surface area contributed by atoms with Gasteiger partial charge < -0.3 is 5.73 Å². The number of nitrogens with two attached hydrogens (primary N) is 1. The van der Waals surface area contributed by atoms with E-state index in [0.717, 1.165) is 17.3 Å². The predicted octanol–water partition coefficient (Wildman–Crippen LogP) is 3.89. The summed E-state index contributed by atoms with van der Waals surface area (Å²) in [5.74, 6) is 0.577. The Morgan fingerprint density at radius 1 is 1.21 bits per heavy atom. The van der Waals surface area contributed by atoms with Crippen LogP contribution in [-0.2, 0) is 0 Å². The van der Waals surface area contributed by atoms with Crippen LogP contribution in [0.4, 0.5) is 0 Å². The standard InChI is InChI=1S/C12H18BrN/c1-3-9(4-2)12(14)10-7-5-6-8-11(10)13/h5-9,12H,3-4,14H2,1-2H3. The highest BCUT2D eigenvalue weighted by Gasteiger charge is 2.17. The van der Waals surface area contributed by atoms with Crippen molar-refractivity contribution in [1.82, 2.24) is 0 Å². The van der Waals surface area contributed by atoms with Gasteiger partial charge in [-0.15, -0.1) is 0 Å². The third kappa shape index (κ3) is 2.58. The lowest BCUT2D eigenvalue weighted by molar-refractivity contribution is 0.404. The summed E-state index contributed by atoms with van der Waals surface area (Å²) in [6.07, 6.45) is 2.28. The summed E-state index contributed by atoms with van der Waals surface area (Å²) in [4.78, 5) is 0. The van der Waals surface area contributed by atoms with Gasteiger partial charge in [-0.1, -0.05) is 60.8 Å². The summed E-state index contributed by atoms with van der Waals surface area (Å²) in [7, 11) is 0. The molecule has 14 heavy (non-hydrogen) atoms. The average Bonchev–Trinajstić information content (AvgIpc) is 2.20. The number of hydrogen-bond donors (Lipinski definition) is 1. The smallest absolute Gasteiger partial charge is 0.0334 e. The molecule has 0 bridgehead atoms. The molecule has 2 N–H and O–H groups in total. The molecule has 1 rings (SSSR count). The third-order valence-corrected chi connectivity index (χ3v) is 3.54. The summed E-state index contributed by atoms with van der Waals surface area (Å²) in [5, 5.41) is 0. The molecule has 0 radical (unpaired) electrons. The van der Waals surface area contributed by atoms with Crippen LogP contribution in [0.15, 0.2) is 28.7 Å². The van der Waals surface area contributed by atoms with Gasteiger partial charge in [0, 0.05) is 10.5 Å². The molecule has 0 saturated carbocycles. The zero-order valence-corrected chi connectivity index (χ0v) is 10.4. The Morgan fingerprint density at radius 3 is 2.29 bits per heavy atom. The molecule has 0 spiro atoms. The molecule has 0 aliphatic carbocycles. The highest BCUT2D eigenvalue weighted by molar-refractivity contribution is 9.10. The zero-order valence-electron chi connectivity index (χ0n) is 8.83. The van der Waals surface area contributed by atoms with Gasteiger partial charge in [0.1, 0.15) is 0 Å². The molecular weight excluding hydrogens is 238 g/mol. The second kappa shape index (κ2) is 5.52. The Kier molecular flexibility index (Phi) is 4.63. The van der Waals surface area contributed by atoms with Crippen LogP contribution in [0.3, 0.4) is 0 Å². The summed E-state index contributed by atoms with van der Waals surface area (Å²) in [5.41, 5.74) is 7.45. The summed E-state index contributed by atoms with van der Waals surface area (Å²) in [6, 6.07) is 8.38. The van der Waals surface area contributed by atoms with Gasteiger partial charge in [-0.05, 0) is 17.5 Å². The van der Waals surface area contributed by atoms with Crippen molar-refractivity contribution in [1.29, 1.82) is 0 Å². The van der Waals surface area contributed by atoms with Crippen LogP contribution in [0.25, 0.3) is 0 Å². The van der Waals surface area contributed by atoms with Gasteiger partial charge in [0.05, 0.1) is 0 Å². The molecule has 1 aromatic carbocycles. The molecule has 0 aromatic heterocycles. The lowest BCUT2D eigenvalue weighted by atomic mass is 9.90. The maximum Gasteiger partial charge on any atom is 0.0334 e. The van der Waals surface area contributed by atoms with Crippen molar-refractivity contribution in [3.8, 4) is 0 Å². The molecule has 0 heterocycles. The van der Waals surface area contributed by atoms with Crippen LogP contribution < -0.4 is 5.73 Å². The van der Waals surface area contributed by atoms with E-state index >= 15 is 0 Å². The van der Waals surface area contributed by atoms with Crippen LogP contribution in [0.2, 0.25) is 0 Å². The molecule has 0 amide bonds. The van der Waals surface area contributed by atoms with Gasteiger partial charge in [-0.2, -0.15) is 0 Å². The fourth-order valence-corrected chi connectivity index (χ4v) is 2.35. The fourth-order valence-electron chi connectivity index (χ4n) is 1.80. The fraction of sp³-hybridized carbons (Fsp3) is 0.500. The monoisotopic (exact) mass is 255 g/mol. The minimum Gasteiger partial charge on any atom is -0.324 e. The maximum absolute atomic E-state index is 6.23. The van der Waals surface area contributed by atoms with Gasteiger partial charge in [0.15, 0.2) is 0 Å². The second-order valence-electron chi connectivity index (χ2n) is 3.62. The first-order chi connectivity index (χ1) is 6.70. The van der Waals surface area contributed by atoms with Crippen LogP contribution in [0.1, 0.15) is 38.3 Å². The molecule has 1 atom stereocenters. The quantitative estimate of drug-likeness (QED) is 0.869. The van der Waals surface area contributed by atoms with Crippen molar-refractivity contribution in [3.05, 3.63) is 34.3 Å². The van der Waals surface area contributed by atoms with Crippen LogP contribution in [-0.4, -0.2) is 0 Å². The lowest BCUT2D eigenvalue weighted by Gasteiger charge is -2.22. The van der Waals surface area contributed by atoms with Gasteiger partial charge >= 0.3 is 0 Å². The van der Waals surface area contributed by atoms with E-state index in [1.54, 1.807) is 0 Å². The van der Waals surface area contributed by atoms with Crippen molar-refractivity contribution in [3.63, 3.8) is 0 Å². The highest BCUT2D eigenvalue weighted by Crippen LogP contribution is 2.29. The minimum absolute atomic E-state index is 0.153. The van der Waals surface area contributed by atoms with E-state index in [-0.39, 0.29) is 6.04 Å². The average molecular weight is 256 g/mol. The van der Waals surface area contributed by atoms with E-state index in [9.17, 15) is 0 Å². The maximum atomic E-state index is 6.23. The number of hydrogen-bond acceptors (Lipinski definition) is 1. The highest BCUT2D eigenvalue weighted by atomic mass is 79.9. The van der Waals surface area contributed by atoms with Gasteiger partial charge in [0.2, 0.25) is 0 Å². The third-order valence-electron chi connectivity index (χ3n) is 2.82. The molecule has 1 unspecified atom stereocenters. The van der Waals surface area contributed by atoms with Crippen molar-refractivity contribution in [2.24, 2.45) is 11.7 Å².